The number of aliphatic hydroxyl groups excluding tert-OH is 1. The third-order valence-electron chi connectivity index (χ3n) is 4.78. The fourth-order valence-electron chi connectivity index (χ4n) is 3.33. The molecule has 26 heavy (non-hydrogen) atoms. The first-order valence-corrected chi connectivity index (χ1v) is 8.92. The van der Waals surface area contributed by atoms with Crippen molar-refractivity contribution in [3.8, 4) is 5.75 Å². The molecule has 7 heteroatoms. The molecule has 3 heterocycles. The van der Waals surface area contributed by atoms with Gasteiger partial charge in [-0.3, -0.25) is 9.69 Å². The van der Waals surface area contributed by atoms with E-state index in [9.17, 15) is 9.90 Å². The van der Waals surface area contributed by atoms with E-state index >= 15 is 0 Å². The predicted molar refractivity (Wildman–Crippen MR) is 95.4 cm³/mol. The van der Waals surface area contributed by atoms with Gasteiger partial charge >= 0.3 is 0 Å². The first kappa shape index (κ1) is 17.3. The Bertz CT molecular complexity index is 812. The van der Waals surface area contributed by atoms with E-state index in [-0.39, 0.29) is 18.7 Å². The van der Waals surface area contributed by atoms with Gasteiger partial charge in [-0.25, -0.2) is 4.98 Å². The van der Waals surface area contributed by atoms with Crippen LogP contribution in [0.25, 0.3) is 0 Å². The molecule has 0 radical (unpaired) electrons. The Kier molecular flexibility index (Phi) is 4.80. The van der Waals surface area contributed by atoms with Gasteiger partial charge in [0.15, 0.2) is 6.73 Å². The standard InChI is InChI=1S/C19H19ClN2O4/c20-18-4-2-13(9-21-18)7-12-1-3-17-14(8-12)19(24)22(11-26-17)15-10-25-6-5-16(15)23/h1-4,8-9,15-16,23H,5-7,10-11H2/t15-,16-/m0/s1. The Labute approximate surface area is 156 Å². The van der Waals surface area contributed by atoms with Gasteiger partial charge in [0, 0.05) is 12.8 Å². The van der Waals surface area contributed by atoms with Crippen molar-refractivity contribution in [2.24, 2.45) is 0 Å². The maximum Gasteiger partial charge on any atom is 0.260 e. The van der Waals surface area contributed by atoms with Crippen LogP contribution in [0.2, 0.25) is 5.15 Å². The Morgan fingerprint density at radius 1 is 1.27 bits per heavy atom. The van der Waals surface area contributed by atoms with Gasteiger partial charge in [-0.1, -0.05) is 23.7 Å². The highest BCUT2D eigenvalue weighted by atomic mass is 35.5. The van der Waals surface area contributed by atoms with Gasteiger partial charge in [-0.15, -0.1) is 0 Å². The summed E-state index contributed by atoms with van der Waals surface area (Å²) < 4.78 is 11.2. The van der Waals surface area contributed by atoms with Gasteiger partial charge in [0.25, 0.3) is 5.91 Å². The van der Waals surface area contributed by atoms with E-state index in [1.54, 1.807) is 17.2 Å². The third kappa shape index (κ3) is 3.40. The second-order valence-electron chi connectivity index (χ2n) is 6.54. The first-order chi connectivity index (χ1) is 12.6. The number of hydrogen-bond donors (Lipinski definition) is 1. The first-order valence-electron chi connectivity index (χ1n) is 8.55. The molecule has 2 aliphatic rings. The Morgan fingerprint density at radius 3 is 2.88 bits per heavy atom. The fraction of sp³-hybridized carbons (Fsp3) is 0.368. The molecule has 0 aliphatic carbocycles. The molecule has 1 aromatic heterocycles. The number of hydrogen-bond acceptors (Lipinski definition) is 5. The summed E-state index contributed by atoms with van der Waals surface area (Å²) in [6.07, 6.45) is 2.29. The molecule has 0 bridgehead atoms. The average molecular weight is 375 g/mol. The molecule has 1 fully saturated rings. The van der Waals surface area contributed by atoms with Gasteiger partial charge < -0.3 is 14.6 Å². The van der Waals surface area contributed by atoms with Crippen molar-refractivity contribution < 1.29 is 19.4 Å². The Balaban J connectivity index is 1.56. The molecular formula is C19H19ClN2O4. The second-order valence-corrected chi connectivity index (χ2v) is 6.93. The Morgan fingerprint density at radius 2 is 2.12 bits per heavy atom. The topological polar surface area (TPSA) is 71.9 Å². The van der Waals surface area contributed by atoms with Crippen LogP contribution in [-0.2, 0) is 11.2 Å². The number of nitrogens with zero attached hydrogens (tertiary/aromatic N) is 2. The number of benzene rings is 1. The Hall–Kier alpha value is -2.15. The number of carbonyl (C=O) groups is 1. The minimum Gasteiger partial charge on any atom is -0.472 e. The summed E-state index contributed by atoms with van der Waals surface area (Å²) in [5.41, 5.74) is 2.49. The number of amides is 1. The van der Waals surface area contributed by atoms with Crippen LogP contribution in [0.1, 0.15) is 27.9 Å². The zero-order chi connectivity index (χ0) is 18.1. The fourth-order valence-corrected chi connectivity index (χ4v) is 3.45. The molecule has 2 aromatic rings. The van der Waals surface area contributed by atoms with Crippen LogP contribution in [0.4, 0.5) is 0 Å². The molecule has 1 aromatic carbocycles. The van der Waals surface area contributed by atoms with E-state index in [1.165, 1.54) is 0 Å². The van der Waals surface area contributed by atoms with E-state index < -0.39 is 6.10 Å². The predicted octanol–water partition coefficient (Wildman–Crippen LogP) is 2.27. The molecule has 2 atom stereocenters. The third-order valence-corrected chi connectivity index (χ3v) is 5.01. The summed E-state index contributed by atoms with van der Waals surface area (Å²) in [4.78, 5) is 18.6. The van der Waals surface area contributed by atoms with Crippen molar-refractivity contribution in [3.63, 3.8) is 0 Å². The van der Waals surface area contributed by atoms with Gasteiger partial charge in [-0.2, -0.15) is 0 Å². The summed E-state index contributed by atoms with van der Waals surface area (Å²) in [6, 6.07) is 8.87. The second kappa shape index (κ2) is 7.23. The van der Waals surface area contributed by atoms with E-state index in [1.807, 2.05) is 24.3 Å². The summed E-state index contributed by atoms with van der Waals surface area (Å²) in [7, 11) is 0. The lowest BCUT2D eigenvalue weighted by molar-refractivity contribution is -0.0696. The largest absolute Gasteiger partial charge is 0.472 e. The number of carbonyl (C=O) groups excluding carboxylic acids is 1. The van der Waals surface area contributed by atoms with Crippen molar-refractivity contribution in [2.75, 3.05) is 19.9 Å². The van der Waals surface area contributed by atoms with Crippen LogP contribution in [-0.4, -0.2) is 53.0 Å². The van der Waals surface area contributed by atoms with Crippen molar-refractivity contribution in [1.82, 2.24) is 9.88 Å². The number of aromatic nitrogens is 1. The zero-order valence-electron chi connectivity index (χ0n) is 14.1. The molecule has 0 spiro atoms. The number of aliphatic hydroxyl groups is 1. The number of halogens is 1. The molecule has 136 valence electrons. The van der Waals surface area contributed by atoms with Crippen LogP contribution in [0, 0.1) is 0 Å². The molecule has 6 nitrogen and oxygen atoms in total. The maximum absolute atomic E-state index is 13.0. The van der Waals surface area contributed by atoms with Gasteiger partial charge in [0.1, 0.15) is 10.9 Å². The van der Waals surface area contributed by atoms with Crippen LogP contribution in [0.5, 0.6) is 5.75 Å². The lowest BCUT2D eigenvalue weighted by Gasteiger charge is -2.39. The summed E-state index contributed by atoms with van der Waals surface area (Å²) in [5.74, 6) is 0.423. The number of pyridine rings is 1. The summed E-state index contributed by atoms with van der Waals surface area (Å²) in [5, 5.41) is 10.7. The number of fused-ring (bicyclic) bond motifs is 1. The van der Waals surface area contributed by atoms with Crippen molar-refractivity contribution in [1.29, 1.82) is 0 Å². The van der Waals surface area contributed by atoms with Gasteiger partial charge in [-0.05, 0) is 42.2 Å². The lowest BCUT2D eigenvalue weighted by atomic mass is 10.00. The summed E-state index contributed by atoms with van der Waals surface area (Å²) in [6.45, 7) is 0.954. The van der Waals surface area contributed by atoms with Crippen molar-refractivity contribution in [2.45, 2.75) is 25.0 Å². The van der Waals surface area contributed by atoms with Gasteiger partial charge in [0.05, 0.1) is 24.3 Å². The van der Waals surface area contributed by atoms with E-state index in [0.717, 1.165) is 11.1 Å². The molecule has 0 saturated carbocycles. The average Bonchev–Trinajstić information content (AvgIpc) is 2.65. The van der Waals surface area contributed by atoms with Gasteiger partial charge in [0.2, 0.25) is 0 Å². The lowest BCUT2D eigenvalue weighted by Crippen LogP contribution is -2.54. The molecule has 1 N–H and O–H groups in total. The van der Waals surface area contributed by atoms with Crippen molar-refractivity contribution >= 4 is 17.5 Å². The molecule has 4 rings (SSSR count). The quantitative estimate of drug-likeness (QED) is 0.834. The molecular weight excluding hydrogens is 356 g/mol. The van der Waals surface area contributed by atoms with E-state index in [4.69, 9.17) is 21.1 Å². The molecule has 1 saturated heterocycles. The molecule has 1 amide bonds. The summed E-state index contributed by atoms with van der Waals surface area (Å²) >= 11 is 5.82. The highest BCUT2D eigenvalue weighted by molar-refractivity contribution is 6.29. The normalized spacial score (nSPS) is 22.7. The monoisotopic (exact) mass is 374 g/mol. The minimum atomic E-state index is -0.596. The smallest absolute Gasteiger partial charge is 0.260 e. The molecule has 0 unspecified atom stereocenters. The van der Waals surface area contributed by atoms with Crippen molar-refractivity contribution in [3.05, 3.63) is 58.4 Å². The molecule has 2 aliphatic heterocycles. The van der Waals surface area contributed by atoms with Crippen LogP contribution < -0.4 is 4.74 Å². The van der Waals surface area contributed by atoms with E-state index in [0.29, 0.717) is 42.5 Å². The minimum absolute atomic E-state index is 0.122. The van der Waals surface area contributed by atoms with Crippen LogP contribution in [0.3, 0.4) is 0 Å². The SMILES string of the molecule is O=C1c2cc(Cc3ccc(Cl)nc3)ccc2OCN1[C@H]1COCC[C@@H]1O. The number of rotatable bonds is 3. The number of ether oxygens (including phenoxy) is 2. The van der Waals surface area contributed by atoms with E-state index in [2.05, 4.69) is 4.98 Å². The maximum atomic E-state index is 13.0. The highest BCUT2D eigenvalue weighted by Crippen LogP contribution is 2.29. The zero-order valence-corrected chi connectivity index (χ0v) is 14.9. The van der Waals surface area contributed by atoms with Crippen LogP contribution >= 0.6 is 11.6 Å². The van der Waals surface area contributed by atoms with Crippen LogP contribution in [0.15, 0.2) is 36.5 Å². The highest BCUT2D eigenvalue weighted by Gasteiger charge is 2.36.